The van der Waals surface area contributed by atoms with Crippen molar-refractivity contribution in [1.82, 2.24) is 0 Å². The van der Waals surface area contributed by atoms with Crippen molar-refractivity contribution in [3.8, 4) is 16.9 Å². The fourth-order valence-corrected chi connectivity index (χ4v) is 2.58. The Hall–Kier alpha value is -2.30. The van der Waals surface area contributed by atoms with Gasteiger partial charge in [-0.3, -0.25) is 4.79 Å². The molecule has 1 aliphatic heterocycles. The molecular weight excluding hydrogens is 293 g/mol. The maximum absolute atomic E-state index is 12.5. The lowest BCUT2D eigenvalue weighted by atomic mass is 9.90. The van der Waals surface area contributed by atoms with Crippen molar-refractivity contribution in [2.45, 2.75) is 12.6 Å². The minimum absolute atomic E-state index is 0.224. The van der Waals surface area contributed by atoms with Gasteiger partial charge in [0.25, 0.3) is 0 Å². The molecule has 2 aromatic rings. The summed E-state index contributed by atoms with van der Waals surface area (Å²) in [5.74, 6) is -1.32. The largest absolute Gasteiger partial charge is 0.492 e. The van der Waals surface area contributed by atoms with E-state index in [9.17, 15) is 18.0 Å². The predicted molar refractivity (Wildman–Crippen MR) is 75.9 cm³/mol. The first kappa shape index (κ1) is 14.6. The smallest absolute Gasteiger partial charge is 0.389 e. The van der Waals surface area contributed by atoms with E-state index in [4.69, 9.17) is 4.74 Å². The van der Waals surface area contributed by atoms with Crippen LogP contribution in [0.1, 0.15) is 16.8 Å². The molecule has 0 saturated carbocycles. The van der Waals surface area contributed by atoms with Crippen molar-refractivity contribution in [3.05, 3.63) is 54.1 Å². The average Bonchev–Trinajstić information content (AvgIpc) is 2.50. The Morgan fingerprint density at radius 2 is 1.77 bits per heavy atom. The second-order valence-electron chi connectivity index (χ2n) is 5.27. The molecule has 0 bridgehead atoms. The molecule has 2 aromatic carbocycles. The number of hydrogen-bond acceptors (Lipinski definition) is 2. The molecule has 0 amide bonds. The molecule has 0 N–H and O–H groups in total. The van der Waals surface area contributed by atoms with E-state index < -0.39 is 24.3 Å². The lowest BCUT2D eigenvalue weighted by Gasteiger charge is -2.25. The zero-order chi connectivity index (χ0) is 15.7. The molecule has 5 heteroatoms. The Morgan fingerprint density at radius 3 is 2.45 bits per heavy atom. The van der Waals surface area contributed by atoms with Gasteiger partial charge in [-0.1, -0.05) is 36.4 Å². The summed E-state index contributed by atoms with van der Waals surface area (Å²) >= 11 is 0. The third-order valence-electron chi connectivity index (χ3n) is 3.64. The number of fused-ring (bicyclic) bond motifs is 1. The van der Waals surface area contributed by atoms with Crippen molar-refractivity contribution in [2.75, 3.05) is 6.61 Å². The van der Waals surface area contributed by atoms with Gasteiger partial charge in [0.15, 0.2) is 5.78 Å². The summed E-state index contributed by atoms with van der Waals surface area (Å²) in [6.45, 7) is -0.226. The highest BCUT2D eigenvalue weighted by atomic mass is 19.4. The van der Waals surface area contributed by atoms with Crippen LogP contribution in [0.4, 0.5) is 13.2 Å². The fraction of sp³-hybridized carbons (Fsp3) is 0.235. The minimum Gasteiger partial charge on any atom is -0.492 e. The fourth-order valence-electron chi connectivity index (χ4n) is 2.58. The van der Waals surface area contributed by atoms with E-state index in [0.29, 0.717) is 5.75 Å². The minimum atomic E-state index is -4.38. The number of benzene rings is 2. The predicted octanol–water partition coefficient (Wildman–Crippen LogP) is 4.50. The van der Waals surface area contributed by atoms with E-state index in [1.54, 1.807) is 18.2 Å². The molecule has 0 saturated heterocycles. The number of rotatable bonds is 2. The third-order valence-corrected chi connectivity index (χ3v) is 3.64. The summed E-state index contributed by atoms with van der Waals surface area (Å²) in [4.78, 5) is 12.3. The van der Waals surface area contributed by atoms with Gasteiger partial charge >= 0.3 is 6.18 Å². The van der Waals surface area contributed by atoms with Gasteiger partial charge in [-0.25, -0.2) is 0 Å². The number of Topliss-reactive ketones (excluding diaryl/α,β-unsaturated/α-hetero) is 1. The molecule has 3 rings (SSSR count). The van der Waals surface area contributed by atoms with Gasteiger partial charge in [-0.15, -0.1) is 0 Å². The van der Waals surface area contributed by atoms with Crippen LogP contribution < -0.4 is 4.74 Å². The number of ether oxygens (including phenoxy) is 1. The van der Waals surface area contributed by atoms with E-state index in [1.165, 1.54) is 0 Å². The molecule has 1 unspecified atom stereocenters. The molecule has 0 fully saturated rings. The summed E-state index contributed by atoms with van der Waals surface area (Å²) in [5, 5.41) is 0. The van der Waals surface area contributed by atoms with E-state index in [1.807, 2.05) is 30.3 Å². The molecular formula is C17H13F3O2. The van der Waals surface area contributed by atoms with Gasteiger partial charge in [0, 0.05) is 0 Å². The monoisotopic (exact) mass is 306 g/mol. The Labute approximate surface area is 125 Å². The molecule has 0 radical (unpaired) electrons. The van der Waals surface area contributed by atoms with Crippen molar-refractivity contribution >= 4 is 5.78 Å². The van der Waals surface area contributed by atoms with Gasteiger partial charge in [0.2, 0.25) is 0 Å². The van der Waals surface area contributed by atoms with Crippen LogP contribution in [0.2, 0.25) is 0 Å². The summed E-state index contributed by atoms with van der Waals surface area (Å²) < 4.78 is 42.9. The molecule has 2 nitrogen and oxygen atoms in total. The first-order valence-corrected chi connectivity index (χ1v) is 6.87. The summed E-state index contributed by atoms with van der Waals surface area (Å²) in [5.41, 5.74) is 1.90. The molecule has 0 aromatic heterocycles. The van der Waals surface area contributed by atoms with Crippen LogP contribution in [0, 0.1) is 5.92 Å². The van der Waals surface area contributed by atoms with Crippen molar-refractivity contribution in [3.63, 3.8) is 0 Å². The van der Waals surface area contributed by atoms with Crippen LogP contribution in [0.5, 0.6) is 5.75 Å². The molecule has 1 aliphatic rings. The van der Waals surface area contributed by atoms with E-state index in [-0.39, 0.29) is 12.2 Å². The lowest BCUT2D eigenvalue weighted by Crippen LogP contribution is -2.31. The Balaban J connectivity index is 1.93. The first-order valence-electron chi connectivity index (χ1n) is 6.87. The van der Waals surface area contributed by atoms with Crippen LogP contribution in [-0.2, 0) is 0 Å². The van der Waals surface area contributed by atoms with Crippen LogP contribution in [0.3, 0.4) is 0 Å². The Kier molecular flexibility index (Phi) is 3.64. The number of alkyl halides is 3. The SMILES string of the molecule is O=C1c2cc(-c3ccccc3)ccc2OCC1CC(F)(F)F. The number of carbonyl (C=O) groups is 1. The van der Waals surface area contributed by atoms with Gasteiger partial charge < -0.3 is 4.74 Å². The highest BCUT2D eigenvalue weighted by Crippen LogP contribution is 2.35. The van der Waals surface area contributed by atoms with Gasteiger partial charge in [-0.05, 0) is 23.3 Å². The summed E-state index contributed by atoms with van der Waals surface area (Å²) in [7, 11) is 0. The highest BCUT2D eigenvalue weighted by Gasteiger charge is 2.39. The van der Waals surface area contributed by atoms with Gasteiger partial charge in [0.1, 0.15) is 5.75 Å². The quantitative estimate of drug-likeness (QED) is 0.816. The molecule has 1 atom stereocenters. The van der Waals surface area contributed by atoms with Gasteiger partial charge in [0.05, 0.1) is 24.5 Å². The van der Waals surface area contributed by atoms with Crippen molar-refractivity contribution in [1.29, 1.82) is 0 Å². The summed E-state index contributed by atoms with van der Waals surface area (Å²) in [6, 6.07) is 14.4. The maximum Gasteiger partial charge on any atom is 0.389 e. The van der Waals surface area contributed by atoms with Crippen LogP contribution in [-0.4, -0.2) is 18.6 Å². The average molecular weight is 306 g/mol. The highest BCUT2D eigenvalue weighted by molar-refractivity contribution is 6.02. The van der Waals surface area contributed by atoms with Crippen LogP contribution in [0.25, 0.3) is 11.1 Å². The number of hydrogen-bond donors (Lipinski definition) is 0. The van der Waals surface area contributed by atoms with E-state index in [2.05, 4.69) is 0 Å². The molecule has 0 aliphatic carbocycles. The van der Waals surface area contributed by atoms with Gasteiger partial charge in [-0.2, -0.15) is 13.2 Å². The van der Waals surface area contributed by atoms with Crippen molar-refractivity contribution < 1.29 is 22.7 Å². The Bertz CT molecular complexity index is 693. The summed E-state index contributed by atoms with van der Waals surface area (Å²) in [6.07, 6.45) is -5.53. The molecule has 22 heavy (non-hydrogen) atoms. The van der Waals surface area contributed by atoms with Crippen LogP contribution >= 0.6 is 0 Å². The van der Waals surface area contributed by atoms with E-state index in [0.717, 1.165) is 11.1 Å². The third kappa shape index (κ3) is 2.98. The number of halogens is 3. The molecule has 0 spiro atoms. The zero-order valence-corrected chi connectivity index (χ0v) is 11.6. The molecule has 1 heterocycles. The number of carbonyl (C=O) groups excluding carboxylic acids is 1. The first-order chi connectivity index (χ1) is 10.4. The normalized spacial score (nSPS) is 17.8. The standard InChI is InChI=1S/C17H13F3O2/c18-17(19,20)9-13-10-22-15-7-6-12(8-14(15)16(13)21)11-4-2-1-3-5-11/h1-8,13H,9-10H2. The number of ketones is 1. The maximum atomic E-state index is 12.5. The van der Waals surface area contributed by atoms with E-state index >= 15 is 0 Å². The second kappa shape index (κ2) is 5.48. The molecule has 114 valence electrons. The topological polar surface area (TPSA) is 26.3 Å². The second-order valence-corrected chi connectivity index (χ2v) is 5.27. The van der Waals surface area contributed by atoms with Crippen LogP contribution in [0.15, 0.2) is 48.5 Å². The lowest BCUT2D eigenvalue weighted by molar-refractivity contribution is -0.143. The zero-order valence-electron chi connectivity index (χ0n) is 11.6. The van der Waals surface area contributed by atoms with Crippen molar-refractivity contribution in [2.24, 2.45) is 5.92 Å². The Morgan fingerprint density at radius 1 is 1.05 bits per heavy atom.